The number of ether oxygens (including phenoxy) is 4. The SMILES string of the molecule is CC(=O)OC1=CC=C(OCc2ccccc2)CC1OCC1CO1. The van der Waals surface area contributed by atoms with E-state index in [1.807, 2.05) is 36.4 Å². The van der Waals surface area contributed by atoms with E-state index in [9.17, 15) is 4.79 Å². The molecule has 0 spiro atoms. The number of rotatable bonds is 7. The topological polar surface area (TPSA) is 57.3 Å². The molecular formula is C18H20O5. The van der Waals surface area contributed by atoms with Crippen LogP contribution in [0, 0.1) is 0 Å². The van der Waals surface area contributed by atoms with E-state index in [1.54, 1.807) is 6.08 Å². The zero-order chi connectivity index (χ0) is 16.1. The fourth-order valence-electron chi connectivity index (χ4n) is 2.29. The molecule has 0 radical (unpaired) electrons. The molecule has 0 aromatic heterocycles. The minimum absolute atomic E-state index is 0.160. The van der Waals surface area contributed by atoms with E-state index in [0.717, 1.165) is 17.9 Å². The first-order valence-corrected chi connectivity index (χ1v) is 7.70. The summed E-state index contributed by atoms with van der Waals surface area (Å²) in [5, 5.41) is 0. The Labute approximate surface area is 135 Å². The van der Waals surface area contributed by atoms with Gasteiger partial charge in [-0.1, -0.05) is 30.3 Å². The lowest BCUT2D eigenvalue weighted by atomic mass is 10.1. The molecule has 2 unspecified atom stereocenters. The molecule has 1 heterocycles. The van der Waals surface area contributed by atoms with Crippen molar-refractivity contribution in [2.45, 2.75) is 32.2 Å². The molecule has 2 aliphatic rings. The highest BCUT2D eigenvalue weighted by Gasteiger charge is 2.29. The van der Waals surface area contributed by atoms with E-state index in [1.165, 1.54) is 6.92 Å². The average molecular weight is 316 g/mol. The smallest absolute Gasteiger partial charge is 0.307 e. The highest BCUT2D eigenvalue weighted by atomic mass is 16.6. The molecule has 1 aliphatic carbocycles. The molecule has 5 heteroatoms. The molecule has 0 N–H and O–H groups in total. The van der Waals surface area contributed by atoms with E-state index < -0.39 is 0 Å². The van der Waals surface area contributed by atoms with Crippen LogP contribution in [0.25, 0.3) is 0 Å². The Hall–Kier alpha value is -2.11. The first-order valence-electron chi connectivity index (χ1n) is 7.70. The third kappa shape index (κ3) is 4.94. The summed E-state index contributed by atoms with van der Waals surface area (Å²) in [6.07, 6.45) is 3.95. The molecule has 3 rings (SSSR count). The molecule has 1 saturated heterocycles. The second-order valence-corrected chi connectivity index (χ2v) is 5.55. The maximum atomic E-state index is 11.2. The summed E-state index contributed by atoms with van der Waals surface area (Å²) in [4.78, 5) is 11.2. The lowest BCUT2D eigenvalue weighted by Gasteiger charge is -2.24. The first-order chi connectivity index (χ1) is 11.2. The Kier molecular flexibility index (Phi) is 5.10. The summed E-state index contributed by atoms with van der Waals surface area (Å²) < 4.78 is 22.0. The van der Waals surface area contributed by atoms with Crippen LogP contribution in [0.1, 0.15) is 18.9 Å². The zero-order valence-corrected chi connectivity index (χ0v) is 13.1. The molecule has 5 nitrogen and oxygen atoms in total. The van der Waals surface area contributed by atoms with Crippen molar-refractivity contribution in [1.29, 1.82) is 0 Å². The molecule has 1 aromatic carbocycles. The van der Waals surface area contributed by atoms with E-state index in [2.05, 4.69) is 0 Å². The summed E-state index contributed by atoms with van der Waals surface area (Å²) in [6, 6.07) is 9.97. The van der Waals surface area contributed by atoms with Crippen LogP contribution in [0.2, 0.25) is 0 Å². The van der Waals surface area contributed by atoms with E-state index >= 15 is 0 Å². The van der Waals surface area contributed by atoms with Gasteiger partial charge in [0.05, 0.1) is 19.0 Å². The Balaban J connectivity index is 1.60. The minimum atomic E-state index is -0.352. The van der Waals surface area contributed by atoms with Crippen molar-refractivity contribution in [1.82, 2.24) is 0 Å². The second-order valence-electron chi connectivity index (χ2n) is 5.55. The predicted octanol–water partition coefficient (Wildman–Crippen LogP) is 2.72. The lowest BCUT2D eigenvalue weighted by molar-refractivity contribution is -0.139. The highest BCUT2D eigenvalue weighted by Crippen LogP contribution is 2.26. The summed E-state index contributed by atoms with van der Waals surface area (Å²) >= 11 is 0. The van der Waals surface area contributed by atoms with E-state index in [4.69, 9.17) is 18.9 Å². The van der Waals surface area contributed by atoms with Crippen LogP contribution < -0.4 is 0 Å². The number of allylic oxidation sites excluding steroid dienone is 2. The number of carbonyl (C=O) groups excluding carboxylic acids is 1. The van der Waals surface area contributed by atoms with Crippen molar-refractivity contribution < 1.29 is 23.7 Å². The van der Waals surface area contributed by atoms with Gasteiger partial charge in [0.25, 0.3) is 0 Å². The van der Waals surface area contributed by atoms with Crippen LogP contribution in [-0.2, 0) is 30.3 Å². The summed E-state index contributed by atoms with van der Waals surface area (Å²) in [5.41, 5.74) is 1.10. The Morgan fingerprint density at radius 1 is 1.26 bits per heavy atom. The van der Waals surface area contributed by atoms with Gasteiger partial charge >= 0.3 is 5.97 Å². The quantitative estimate of drug-likeness (QED) is 0.572. The number of hydrogen-bond donors (Lipinski definition) is 0. The Bertz CT molecular complexity index is 601. The van der Waals surface area contributed by atoms with Crippen molar-refractivity contribution in [3.05, 3.63) is 59.6 Å². The van der Waals surface area contributed by atoms with Gasteiger partial charge in [0.1, 0.15) is 24.6 Å². The molecule has 1 aliphatic heterocycles. The van der Waals surface area contributed by atoms with Gasteiger partial charge in [-0.2, -0.15) is 0 Å². The molecule has 0 saturated carbocycles. The molecule has 2 atom stereocenters. The lowest BCUT2D eigenvalue weighted by Crippen LogP contribution is -2.24. The molecule has 23 heavy (non-hydrogen) atoms. The fourth-order valence-corrected chi connectivity index (χ4v) is 2.29. The first kappa shape index (κ1) is 15.8. The largest absolute Gasteiger partial charge is 0.493 e. The molecule has 1 fully saturated rings. The van der Waals surface area contributed by atoms with E-state index in [0.29, 0.717) is 25.4 Å². The van der Waals surface area contributed by atoms with Gasteiger partial charge in [-0.15, -0.1) is 0 Å². The number of carbonyl (C=O) groups is 1. The Morgan fingerprint density at radius 3 is 2.74 bits per heavy atom. The van der Waals surface area contributed by atoms with Crippen molar-refractivity contribution >= 4 is 5.97 Å². The van der Waals surface area contributed by atoms with Gasteiger partial charge in [-0.05, 0) is 17.7 Å². The van der Waals surface area contributed by atoms with Gasteiger partial charge < -0.3 is 18.9 Å². The molecule has 0 amide bonds. The molecule has 0 bridgehead atoms. The third-order valence-corrected chi connectivity index (χ3v) is 3.55. The van der Waals surface area contributed by atoms with Gasteiger partial charge in [0, 0.05) is 13.3 Å². The minimum Gasteiger partial charge on any atom is -0.493 e. The average Bonchev–Trinajstić information content (AvgIpc) is 3.37. The van der Waals surface area contributed by atoms with Crippen molar-refractivity contribution in [2.75, 3.05) is 13.2 Å². The maximum Gasteiger partial charge on any atom is 0.307 e. The number of benzene rings is 1. The standard InChI is InChI=1S/C18H20O5/c1-13(19)23-17-8-7-15(9-18(17)22-12-16-11-21-16)20-10-14-5-3-2-4-6-14/h2-8,16,18H,9-12H2,1H3. The van der Waals surface area contributed by atoms with Gasteiger partial charge in [-0.25, -0.2) is 0 Å². The van der Waals surface area contributed by atoms with Crippen molar-refractivity contribution in [3.63, 3.8) is 0 Å². The summed E-state index contributed by atoms with van der Waals surface area (Å²) in [7, 11) is 0. The zero-order valence-electron chi connectivity index (χ0n) is 13.1. The van der Waals surface area contributed by atoms with Crippen LogP contribution in [0.4, 0.5) is 0 Å². The summed E-state index contributed by atoms with van der Waals surface area (Å²) in [6.45, 7) is 3.11. The third-order valence-electron chi connectivity index (χ3n) is 3.55. The normalized spacial score (nSPS) is 22.8. The Morgan fingerprint density at radius 2 is 2.04 bits per heavy atom. The number of epoxide rings is 1. The number of hydrogen-bond acceptors (Lipinski definition) is 5. The van der Waals surface area contributed by atoms with Crippen molar-refractivity contribution in [3.8, 4) is 0 Å². The van der Waals surface area contributed by atoms with Crippen LogP contribution in [0.5, 0.6) is 0 Å². The molecule has 122 valence electrons. The highest BCUT2D eigenvalue weighted by molar-refractivity contribution is 5.67. The van der Waals surface area contributed by atoms with Gasteiger partial charge in [0.15, 0.2) is 0 Å². The second kappa shape index (κ2) is 7.44. The number of esters is 1. The van der Waals surface area contributed by atoms with Crippen LogP contribution in [-0.4, -0.2) is 31.4 Å². The monoisotopic (exact) mass is 316 g/mol. The summed E-state index contributed by atoms with van der Waals surface area (Å²) in [5.74, 6) is 0.978. The van der Waals surface area contributed by atoms with Crippen LogP contribution in [0.15, 0.2) is 54.0 Å². The van der Waals surface area contributed by atoms with Gasteiger partial charge in [0.2, 0.25) is 0 Å². The molecular weight excluding hydrogens is 296 g/mol. The van der Waals surface area contributed by atoms with Crippen molar-refractivity contribution in [2.24, 2.45) is 0 Å². The van der Waals surface area contributed by atoms with Crippen LogP contribution >= 0.6 is 0 Å². The fraction of sp³-hybridized carbons (Fsp3) is 0.389. The van der Waals surface area contributed by atoms with Crippen LogP contribution in [0.3, 0.4) is 0 Å². The van der Waals surface area contributed by atoms with Gasteiger partial charge in [-0.3, -0.25) is 4.79 Å². The predicted molar refractivity (Wildman–Crippen MR) is 83.3 cm³/mol. The van der Waals surface area contributed by atoms with E-state index in [-0.39, 0.29) is 18.2 Å². The maximum absolute atomic E-state index is 11.2. The molecule has 1 aromatic rings.